The van der Waals surface area contributed by atoms with Gasteiger partial charge in [0, 0.05) is 87.5 Å². The number of primary amides is 2. The van der Waals surface area contributed by atoms with Gasteiger partial charge >= 0.3 is 0 Å². The van der Waals surface area contributed by atoms with Crippen LogP contribution in [-0.4, -0.2) is 223 Å². The van der Waals surface area contributed by atoms with Crippen molar-refractivity contribution in [2.75, 3.05) is 84.0 Å². The van der Waals surface area contributed by atoms with Gasteiger partial charge in [-0.15, -0.1) is 0 Å². The third-order valence-corrected chi connectivity index (χ3v) is 14.8. The lowest BCUT2D eigenvalue weighted by Gasteiger charge is -2.26. The van der Waals surface area contributed by atoms with Crippen LogP contribution in [0, 0.1) is 11.8 Å². The number of aromatic amines is 2. The standard InChI is InChI=1S/C57H89N19O13S/c1-32(2)21-41(55(87)72-39(51(59)83)13-20-90-6)73-56(88)43(23-36-25-62-31-68-36)71-48(81)29-67-57(89)50(33(3)4)75-52(84)34(5)69-54(86)42(22-35-24-63-38-10-8-7-9-37(35)38)74-53(85)40(11-12-44(58)77)70-47(80)28-65-45(78)26-64-46(79)27-66-49(82)30-76-18-16-60-14-15-61-17-19-76/h7-10,24-25,31-34,39-43,50,60-61,63H,11-23,26-30H2,1-6H3,(H2,58,77)(H2,59,83)(H,62,68)(H,64,79)(H,65,78)(H,66,82)(H,67,89)(H,69,86)(H,70,80)(H,71,81)(H,72,87)(H,73,88)(H,74,85)(H,75,84)/t34-,39-,40-,41-,42-,43-,50-/m0/s1. The van der Waals surface area contributed by atoms with Crippen LogP contribution < -0.4 is 80.6 Å². The third-order valence-electron chi connectivity index (χ3n) is 14.1. The van der Waals surface area contributed by atoms with Crippen LogP contribution in [0.3, 0.4) is 0 Å². The molecule has 496 valence electrons. The molecule has 19 N–H and O–H groups in total. The number of benzene rings is 1. The summed E-state index contributed by atoms with van der Waals surface area (Å²) < 4.78 is 0. The Balaban J connectivity index is 1.38. The van der Waals surface area contributed by atoms with E-state index in [2.05, 4.69) is 84.1 Å². The molecular weight excluding hydrogens is 1190 g/mol. The second-order valence-corrected chi connectivity index (χ2v) is 23.4. The summed E-state index contributed by atoms with van der Waals surface area (Å²) in [6.45, 7) is 10.2. The van der Waals surface area contributed by atoms with Crippen molar-refractivity contribution in [1.29, 1.82) is 0 Å². The number of hydrogen-bond acceptors (Lipinski definition) is 18. The Hall–Kier alpha value is -8.69. The first-order valence-corrected chi connectivity index (χ1v) is 31.1. The molecule has 3 heterocycles. The van der Waals surface area contributed by atoms with Gasteiger partial charge in [-0.05, 0) is 61.7 Å². The quantitative estimate of drug-likeness (QED) is 0.0256. The number of hydrogen-bond donors (Lipinski definition) is 17. The van der Waals surface area contributed by atoms with Crippen molar-refractivity contribution in [1.82, 2.24) is 89.0 Å². The molecule has 2 aromatic heterocycles. The molecule has 0 saturated carbocycles. The average molecular weight is 1280 g/mol. The minimum atomic E-state index is -1.50. The number of H-pyrrole nitrogens is 2. The minimum Gasteiger partial charge on any atom is -0.370 e. The fourth-order valence-electron chi connectivity index (χ4n) is 9.20. The summed E-state index contributed by atoms with van der Waals surface area (Å²) in [5.74, 6) is -10.2. The smallest absolute Gasteiger partial charge is 0.243 e. The maximum Gasteiger partial charge on any atom is 0.243 e. The van der Waals surface area contributed by atoms with Gasteiger partial charge in [0.05, 0.1) is 39.1 Å². The zero-order valence-electron chi connectivity index (χ0n) is 51.7. The van der Waals surface area contributed by atoms with Gasteiger partial charge < -0.3 is 90.6 Å². The van der Waals surface area contributed by atoms with Crippen LogP contribution in [0.15, 0.2) is 43.0 Å². The number of carbonyl (C=O) groups is 13. The van der Waals surface area contributed by atoms with Crippen molar-refractivity contribution in [3.8, 4) is 0 Å². The second kappa shape index (κ2) is 38.7. The van der Waals surface area contributed by atoms with Crippen molar-refractivity contribution >= 4 is 99.5 Å². The Morgan fingerprint density at radius 2 is 1.13 bits per heavy atom. The van der Waals surface area contributed by atoms with E-state index in [1.807, 2.05) is 25.0 Å². The highest BCUT2D eigenvalue weighted by Gasteiger charge is 2.34. The highest BCUT2D eigenvalue weighted by molar-refractivity contribution is 7.98. The van der Waals surface area contributed by atoms with Gasteiger partial charge in [-0.2, -0.15) is 11.8 Å². The fraction of sp³-hybridized carbons (Fsp3) is 0.579. The molecule has 1 saturated heterocycles. The molecule has 33 heteroatoms. The normalized spacial score (nSPS) is 15.1. The summed E-state index contributed by atoms with van der Waals surface area (Å²) in [5.41, 5.74) is 12.7. The lowest BCUT2D eigenvalue weighted by Crippen LogP contribution is -2.59. The first kappa shape index (κ1) is 73.8. The molecule has 0 radical (unpaired) electrons. The summed E-state index contributed by atoms with van der Waals surface area (Å²) in [6.07, 6.45) is 5.68. The molecule has 0 spiro atoms. The fourth-order valence-corrected chi connectivity index (χ4v) is 9.68. The number of para-hydroxylation sites is 1. The van der Waals surface area contributed by atoms with E-state index in [4.69, 9.17) is 11.5 Å². The summed E-state index contributed by atoms with van der Waals surface area (Å²) in [6, 6.07) is -1.90. The SMILES string of the molecule is CSCC[C@H](NC(=O)[C@H](CC(C)C)NC(=O)[C@H](Cc1cnc[nH]1)NC(=O)CNC(=O)[C@@H](NC(=O)[C@H](C)NC(=O)[C@H](Cc1c[nH]c2ccccc12)NC(=O)[C@H](CCC(N)=O)NC(=O)CNC(=O)CNC(=O)CNC(=O)CN1CCNCCNCC1)C(C)C)C(N)=O. The summed E-state index contributed by atoms with van der Waals surface area (Å²) in [7, 11) is 0. The lowest BCUT2D eigenvalue weighted by molar-refractivity contribution is -0.135. The van der Waals surface area contributed by atoms with Gasteiger partial charge in [-0.25, -0.2) is 4.98 Å². The van der Waals surface area contributed by atoms with Gasteiger partial charge in [0.1, 0.15) is 42.3 Å². The largest absolute Gasteiger partial charge is 0.370 e. The molecule has 13 amide bonds. The highest BCUT2D eigenvalue weighted by Crippen LogP contribution is 2.20. The zero-order valence-corrected chi connectivity index (χ0v) is 52.5. The minimum absolute atomic E-state index is 0.0655. The van der Waals surface area contributed by atoms with Crippen LogP contribution in [-0.2, 0) is 75.2 Å². The third kappa shape index (κ3) is 27.0. The number of rotatable bonds is 37. The van der Waals surface area contributed by atoms with Crippen LogP contribution in [0.2, 0.25) is 0 Å². The second-order valence-electron chi connectivity index (χ2n) is 22.4. The molecule has 0 unspecified atom stereocenters. The summed E-state index contributed by atoms with van der Waals surface area (Å²) in [5, 5.41) is 35.0. The van der Waals surface area contributed by atoms with Crippen molar-refractivity contribution in [2.24, 2.45) is 23.3 Å². The average Bonchev–Trinajstić information content (AvgIpc) is 2.21. The number of amides is 13. The molecule has 0 bridgehead atoms. The molecule has 1 fully saturated rings. The molecule has 90 heavy (non-hydrogen) atoms. The van der Waals surface area contributed by atoms with E-state index < -0.39 is 152 Å². The topological polar surface area (TPSA) is 478 Å². The van der Waals surface area contributed by atoms with E-state index in [9.17, 15) is 62.3 Å². The number of fused-ring (bicyclic) bond motifs is 1. The predicted molar refractivity (Wildman–Crippen MR) is 333 cm³/mol. The van der Waals surface area contributed by atoms with Crippen LogP contribution in [0.4, 0.5) is 0 Å². The summed E-state index contributed by atoms with van der Waals surface area (Å²) >= 11 is 1.46. The van der Waals surface area contributed by atoms with Crippen LogP contribution in [0.1, 0.15) is 71.6 Å². The van der Waals surface area contributed by atoms with Crippen LogP contribution in [0.5, 0.6) is 0 Å². The van der Waals surface area contributed by atoms with Gasteiger partial charge in [-0.3, -0.25) is 67.2 Å². The monoisotopic (exact) mass is 1280 g/mol. The zero-order chi connectivity index (χ0) is 66.3. The van der Waals surface area contributed by atoms with Crippen LogP contribution in [0.25, 0.3) is 10.9 Å². The molecule has 4 rings (SSSR count). The Labute approximate surface area is 525 Å². The number of nitrogens with zero attached hydrogens (tertiary/aromatic N) is 2. The lowest BCUT2D eigenvalue weighted by atomic mass is 10.0. The van der Waals surface area contributed by atoms with Crippen molar-refractivity contribution < 1.29 is 62.3 Å². The number of nitrogens with one attached hydrogen (secondary N) is 15. The van der Waals surface area contributed by atoms with E-state index in [0.717, 1.165) is 13.1 Å². The van der Waals surface area contributed by atoms with E-state index in [1.165, 1.54) is 31.2 Å². The molecule has 1 aliphatic heterocycles. The number of imidazole rings is 1. The Kier molecular flexibility index (Phi) is 31.7. The molecule has 0 aliphatic carbocycles. The number of aromatic nitrogens is 3. The molecule has 7 atom stereocenters. The highest BCUT2D eigenvalue weighted by atomic mass is 32.2. The molecule has 3 aromatic rings. The molecule has 1 aliphatic rings. The van der Waals surface area contributed by atoms with Crippen molar-refractivity contribution in [3.63, 3.8) is 0 Å². The number of carbonyl (C=O) groups excluding carboxylic acids is 13. The molecule has 1 aromatic carbocycles. The van der Waals surface area contributed by atoms with Gasteiger partial charge in [0.25, 0.3) is 0 Å². The van der Waals surface area contributed by atoms with Crippen LogP contribution >= 0.6 is 11.8 Å². The maximum atomic E-state index is 14.3. The molecule has 32 nitrogen and oxygen atoms in total. The van der Waals surface area contributed by atoms with Gasteiger partial charge in [0.2, 0.25) is 76.8 Å². The number of nitrogens with two attached hydrogens (primary N) is 2. The first-order chi connectivity index (χ1) is 42.8. The molecular formula is C57H89N19O13S. The maximum absolute atomic E-state index is 14.3. The van der Waals surface area contributed by atoms with E-state index >= 15 is 0 Å². The summed E-state index contributed by atoms with van der Waals surface area (Å²) in [4.78, 5) is 184. The van der Waals surface area contributed by atoms with Gasteiger partial charge in [-0.1, -0.05) is 45.9 Å². The van der Waals surface area contributed by atoms with E-state index in [0.29, 0.717) is 54.1 Å². The van der Waals surface area contributed by atoms with E-state index in [1.54, 1.807) is 44.3 Å². The Bertz CT molecular complexity index is 2920. The first-order valence-electron chi connectivity index (χ1n) is 29.7. The Morgan fingerprint density at radius 3 is 1.73 bits per heavy atom. The predicted octanol–water partition coefficient (Wildman–Crippen LogP) is -5.74. The number of thioether (sulfide) groups is 1. The van der Waals surface area contributed by atoms with Crippen molar-refractivity contribution in [2.45, 2.75) is 115 Å². The van der Waals surface area contributed by atoms with Gasteiger partial charge in [0.15, 0.2) is 0 Å². The van der Waals surface area contributed by atoms with Crippen molar-refractivity contribution in [3.05, 3.63) is 54.2 Å². The Morgan fingerprint density at radius 1 is 0.578 bits per heavy atom. The van der Waals surface area contributed by atoms with E-state index in [-0.39, 0.29) is 50.5 Å².